The van der Waals surface area contributed by atoms with E-state index >= 15 is 0 Å². The lowest BCUT2D eigenvalue weighted by Crippen LogP contribution is -2.30. The van der Waals surface area contributed by atoms with E-state index in [1.165, 1.54) is 7.11 Å². The molecular formula is C11H19N3O2. The molecule has 0 radical (unpaired) electrons. The van der Waals surface area contributed by atoms with E-state index in [9.17, 15) is 4.79 Å². The summed E-state index contributed by atoms with van der Waals surface area (Å²) in [5.74, 6) is -0.274. The summed E-state index contributed by atoms with van der Waals surface area (Å²) >= 11 is 0. The Morgan fingerprint density at radius 1 is 1.69 bits per heavy atom. The highest BCUT2D eigenvalue weighted by Crippen LogP contribution is 2.17. The average Bonchev–Trinajstić information content (AvgIpc) is 2.58. The number of esters is 1. The van der Waals surface area contributed by atoms with Crippen LogP contribution >= 0.6 is 0 Å². The van der Waals surface area contributed by atoms with Gasteiger partial charge in [0.2, 0.25) is 0 Å². The van der Waals surface area contributed by atoms with E-state index < -0.39 is 6.04 Å². The Bertz CT molecular complexity index is 360. The number of methoxy groups -OCH3 is 1. The zero-order chi connectivity index (χ0) is 12.1. The zero-order valence-corrected chi connectivity index (χ0v) is 10.3. The van der Waals surface area contributed by atoms with Gasteiger partial charge in [-0.05, 0) is 19.9 Å². The molecule has 0 aliphatic carbocycles. The average molecular weight is 225 g/mol. The molecule has 0 aliphatic rings. The molecule has 0 aromatic carbocycles. The summed E-state index contributed by atoms with van der Waals surface area (Å²) in [6.07, 6.45) is 2.81. The lowest BCUT2D eigenvalue weighted by molar-refractivity contribution is -0.143. The number of hydrogen-bond acceptors (Lipinski definition) is 4. The van der Waals surface area contributed by atoms with Gasteiger partial charge in [0.15, 0.2) is 0 Å². The first-order chi connectivity index (χ1) is 7.60. The first-order valence-electron chi connectivity index (χ1n) is 5.41. The highest BCUT2D eigenvalue weighted by molar-refractivity contribution is 5.77. The normalized spacial score (nSPS) is 12.5. The molecule has 90 valence electrons. The summed E-state index contributed by atoms with van der Waals surface area (Å²) in [6, 6.07) is -0.418. The molecule has 0 saturated carbocycles. The van der Waals surface area contributed by atoms with Gasteiger partial charge in [-0.15, -0.1) is 0 Å². The summed E-state index contributed by atoms with van der Waals surface area (Å²) in [6.45, 7) is 4.71. The van der Waals surface area contributed by atoms with Gasteiger partial charge < -0.3 is 10.1 Å². The molecule has 1 atom stereocenters. The molecular weight excluding hydrogens is 206 g/mol. The molecule has 0 spiro atoms. The lowest BCUT2D eigenvalue weighted by atomic mass is 10.1. The van der Waals surface area contributed by atoms with Crippen LogP contribution in [0.4, 0.5) is 0 Å². The van der Waals surface area contributed by atoms with Gasteiger partial charge in [0.1, 0.15) is 6.04 Å². The van der Waals surface area contributed by atoms with Crippen LogP contribution in [0.15, 0.2) is 6.20 Å². The Balaban J connectivity index is 2.91. The Labute approximate surface area is 95.8 Å². The summed E-state index contributed by atoms with van der Waals surface area (Å²) < 4.78 is 6.49. The summed E-state index contributed by atoms with van der Waals surface area (Å²) in [5, 5.41) is 7.39. The van der Waals surface area contributed by atoms with Crippen LogP contribution in [-0.4, -0.2) is 29.4 Å². The van der Waals surface area contributed by atoms with Crippen LogP contribution in [0.25, 0.3) is 0 Å². The quantitative estimate of drug-likeness (QED) is 0.758. The van der Waals surface area contributed by atoms with Gasteiger partial charge in [-0.1, -0.05) is 6.92 Å². The van der Waals surface area contributed by atoms with Crippen molar-refractivity contribution in [1.29, 1.82) is 0 Å². The SMILES string of the molecule is CCCNC(C(=O)OC)c1cn(C)nc1C. The molecule has 1 aromatic rings. The van der Waals surface area contributed by atoms with Gasteiger partial charge in [0.25, 0.3) is 0 Å². The Kier molecular flexibility index (Phi) is 4.49. The molecule has 0 saturated heterocycles. The van der Waals surface area contributed by atoms with Crippen molar-refractivity contribution in [2.75, 3.05) is 13.7 Å². The number of ether oxygens (including phenoxy) is 1. The number of aryl methyl sites for hydroxylation is 2. The van der Waals surface area contributed by atoms with Crippen LogP contribution in [0.3, 0.4) is 0 Å². The van der Waals surface area contributed by atoms with Crippen molar-refractivity contribution in [1.82, 2.24) is 15.1 Å². The number of aromatic nitrogens is 2. The van der Waals surface area contributed by atoms with Crippen molar-refractivity contribution in [2.45, 2.75) is 26.3 Å². The van der Waals surface area contributed by atoms with E-state index in [4.69, 9.17) is 4.74 Å². The molecule has 0 aliphatic heterocycles. The lowest BCUT2D eigenvalue weighted by Gasteiger charge is -2.15. The molecule has 1 aromatic heterocycles. The highest BCUT2D eigenvalue weighted by Gasteiger charge is 2.23. The molecule has 0 amide bonds. The maximum absolute atomic E-state index is 11.7. The fourth-order valence-corrected chi connectivity index (χ4v) is 1.63. The Morgan fingerprint density at radius 3 is 2.81 bits per heavy atom. The van der Waals surface area contributed by atoms with E-state index in [2.05, 4.69) is 17.3 Å². The second-order valence-electron chi connectivity index (χ2n) is 3.75. The smallest absolute Gasteiger partial charge is 0.327 e. The van der Waals surface area contributed by atoms with Crippen molar-refractivity contribution < 1.29 is 9.53 Å². The largest absolute Gasteiger partial charge is 0.468 e. The summed E-state index contributed by atoms with van der Waals surface area (Å²) in [4.78, 5) is 11.7. The van der Waals surface area contributed by atoms with E-state index in [1.54, 1.807) is 4.68 Å². The van der Waals surface area contributed by atoms with Gasteiger partial charge in [-0.3, -0.25) is 4.68 Å². The van der Waals surface area contributed by atoms with Crippen molar-refractivity contribution >= 4 is 5.97 Å². The molecule has 1 heterocycles. The van der Waals surface area contributed by atoms with Gasteiger partial charge in [-0.25, -0.2) is 4.79 Å². The number of hydrogen-bond donors (Lipinski definition) is 1. The molecule has 16 heavy (non-hydrogen) atoms. The monoisotopic (exact) mass is 225 g/mol. The van der Waals surface area contributed by atoms with Crippen LogP contribution in [-0.2, 0) is 16.6 Å². The van der Waals surface area contributed by atoms with Gasteiger partial charge in [0.05, 0.1) is 12.8 Å². The molecule has 1 rings (SSSR count). The third-order valence-electron chi connectivity index (χ3n) is 2.40. The Hall–Kier alpha value is -1.36. The minimum Gasteiger partial charge on any atom is -0.468 e. The fraction of sp³-hybridized carbons (Fsp3) is 0.636. The Morgan fingerprint density at radius 2 is 2.38 bits per heavy atom. The van der Waals surface area contributed by atoms with E-state index in [1.807, 2.05) is 20.2 Å². The van der Waals surface area contributed by atoms with Gasteiger partial charge in [0, 0.05) is 18.8 Å². The minimum atomic E-state index is -0.418. The second kappa shape index (κ2) is 5.65. The summed E-state index contributed by atoms with van der Waals surface area (Å²) in [5.41, 5.74) is 1.73. The first-order valence-corrected chi connectivity index (χ1v) is 5.41. The van der Waals surface area contributed by atoms with Crippen molar-refractivity contribution in [3.63, 3.8) is 0 Å². The van der Waals surface area contributed by atoms with Crippen molar-refractivity contribution in [3.8, 4) is 0 Å². The van der Waals surface area contributed by atoms with E-state index in [0.717, 1.165) is 24.2 Å². The second-order valence-corrected chi connectivity index (χ2v) is 3.75. The van der Waals surface area contributed by atoms with Crippen LogP contribution in [0.2, 0.25) is 0 Å². The summed E-state index contributed by atoms with van der Waals surface area (Å²) in [7, 11) is 3.24. The maximum Gasteiger partial charge on any atom is 0.327 e. The van der Waals surface area contributed by atoms with Crippen LogP contribution < -0.4 is 5.32 Å². The third-order valence-corrected chi connectivity index (χ3v) is 2.40. The molecule has 1 unspecified atom stereocenters. The molecule has 5 heteroatoms. The number of nitrogens with zero attached hydrogens (tertiary/aromatic N) is 2. The zero-order valence-electron chi connectivity index (χ0n) is 10.3. The van der Waals surface area contributed by atoms with Crippen LogP contribution in [0, 0.1) is 6.92 Å². The highest BCUT2D eigenvalue weighted by atomic mass is 16.5. The number of carbonyl (C=O) groups excluding carboxylic acids is 1. The standard InChI is InChI=1S/C11H19N3O2/c1-5-6-12-10(11(15)16-4)9-7-14(3)13-8(9)2/h7,10,12H,5-6H2,1-4H3. The van der Waals surface area contributed by atoms with Gasteiger partial charge in [-0.2, -0.15) is 5.10 Å². The van der Waals surface area contributed by atoms with Crippen LogP contribution in [0.5, 0.6) is 0 Å². The number of rotatable bonds is 5. The van der Waals surface area contributed by atoms with E-state index in [0.29, 0.717) is 0 Å². The minimum absolute atomic E-state index is 0.274. The predicted molar refractivity (Wildman–Crippen MR) is 61.0 cm³/mol. The van der Waals surface area contributed by atoms with Gasteiger partial charge >= 0.3 is 5.97 Å². The topological polar surface area (TPSA) is 56.1 Å². The predicted octanol–water partition coefficient (Wildman–Crippen LogP) is 0.942. The molecule has 0 bridgehead atoms. The first kappa shape index (κ1) is 12.7. The molecule has 1 N–H and O–H groups in total. The van der Waals surface area contributed by atoms with Crippen molar-refractivity contribution in [2.24, 2.45) is 7.05 Å². The molecule has 5 nitrogen and oxygen atoms in total. The molecule has 0 fully saturated rings. The fourth-order valence-electron chi connectivity index (χ4n) is 1.63. The van der Waals surface area contributed by atoms with Crippen molar-refractivity contribution in [3.05, 3.63) is 17.5 Å². The van der Waals surface area contributed by atoms with E-state index in [-0.39, 0.29) is 5.97 Å². The number of carbonyl (C=O) groups is 1. The maximum atomic E-state index is 11.7. The third kappa shape index (κ3) is 2.82. The van der Waals surface area contributed by atoms with Crippen LogP contribution in [0.1, 0.15) is 30.6 Å². The number of nitrogens with one attached hydrogen (secondary N) is 1.